The van der Waals surface area contributed by atoms with Gasteiger partial charge in [0.25, 0.3) is 0 Å². The third kappa shape index (κ3) is 1.38. The van der Waals surface area contributed by atoms with E-state index in [1.807, 2.05) is 0 Å². The summed E-state index contributed by atoms with van der Waals surface area (Å²) in [6, 6.07) is 1.67. The Labute approximate surface area is 74.6 Å². The van der Waals surface area contributed by atoms with Gasteiger partial charge in [0.15, 0.2) is 0 Å². The number of hydrogen-bond donors (Lipinski definition) is 1. The summed E-state index contributed by atoms with van der Waals surface area (Å²) in [4.78, 5) is 2.55. The Morgan fingerprint density at radius 1 is 1.25 bits per heavy atom. The Morgan fingerprint density at radius 2 is 1.83 bits per heavy atom. The van der Waals surface area contributed by atoms with Gasteiger partial charge in [-0.15, -0.1) is 0 Å². The maximum Gasteiger partial charge on any atom is 0.0433 e. The molecule has 12 heavy (non-hydrogen) atoms. The lowest BCUT2D eigenvalue weighted by Crippen LogP contribution is -2.40. The van der Waals surface area contributed by atoms with Crippen LogP contribution in [0.25, 0.3) is 0 Å². The first-order valence-corrected chi connectivity index (χ1v) is 5.14. The SMILES string of the molecule is CN1[C@@H]2CC[C@H]1C[C@@H](CCO)C2. The van der Waals surface area contributed by atoms with Crippen molar-refractivity contribution >= 4 is 0 Å². The molecule has 2 aliphatic rings. The molecular weight excluding hydrogens is 150 g/mol. The van der Waals surface area contributed by atoms with E-state index in [9.17, 15) is 0 Å². The van der Waals surface area contributed by atoms with Crippen LogP contribution in [-0.2, 0) is 0 Å². The summed E-state index contributed by atoms with van der Waals surface area (Å²) in [7, 11) is 2.26. The number of rotatable bonds is 2. The fraction of sp³-hybridized carbons (Fsp3) is 1.00. The highest BCUT2D eigenvalue weighted by atomic mass is 16.3. The molecule has 3 atom stereocenters. The highest BCUT2D eigenvalue weighted by Gasteiger charge is 2.37. The quantitative estimate of drug-likeness (QED) is 0.672. The summed E-state index contributed by atoms with van der Waals surface area (Å²) in [5.41, 5.74) is 0. The number of fused-ring (bicyclic) bond motifs is 2. The smallest absolute Gasteiger partial charge is 0.0433 e. The molecule has 2 fully saturated rings. The molecule has 2 heteroatoms. The molecule has 0 aromatic carbocycles. The molecule has 2 heterocycles. The second-order valence-corrected chi connectivity index (χ2v) is 4.40. The zero-order valence-electron chi connectivity index (χ0n) is 7.87. The van der Waals surface area contributed by atoms with Crippen LogP contribution in [0.4, 0.5) is 0 Å². The zero-order valence-corrected chi connectivity index (χ0v) is 7.87. The molecule has 0 unspecified atom stereocenters. The Bertz CT molecular complexity index is 146. The van der Waals surface area contributed by atoms with Gasteiger partial charge in [0.2, 0.25) is 0 Å². The minimum Gasteiger partial charge on any atom is -0.396 e. The van der Waals surface area contributed by atoms with Gasteiger partial charge in [-0.2, -0.15) is 0 Å². The summed E-state index contributed by atoms with van der Waals surface area (Å²) in [5, 5.41) is 8.86. The van der Waals surface area contributed by atoms with E-state index >= 15 is 0 Å². The van der Waals surface area contributed by atoms with Crippen LogP contribution in [-0.4, -0.2) is 35.7 Å². The largest absolute Gasteiger partial charge is 0.396 e. The van der Waals surface area contributed by atoms with Crippen molar-refractivity contribution in [3.05, 3.63) is 0 Å². The zero-order chi connectivity index (χ0) is 8.55. The van der Waals surface area contributed by atoms with E-state index in [0.29, 0.717) is 6.61 Å². The molecule has 1 N–H and O–H groups in total. The molecule has 0 aromatic heterocycles. The Hall–Kier alpha value is -0.0800. The average Bonchev–Trinajstić information content (AvgIpc) is 2.33. The third-order valence-corrected chi connectivity index (χ3v) is 3.73. The lowest BCUT2D eigenvalue weighted by Gasteiger charge is -2.36. The van der Waals surface area contributed by atoms with Gasteiger partial charge in [0, 0.05) is 18.7 Å². The summed E-state index contributed by atoms with van der Waals surface area (Å²) in [6.45, 7) is 0.383. The van der Waals surface area contributed by atoms with Crippen molar-refractivity contribution < 1.29 is 5.11 Å². The molecule has 70 valence electrons. The summed E-state index contributed by atoms with van der Waals surface area (Å²) >= 11 is 0. The monoisotopic (exact) mass is 169 g/mol. The van der Waals surface area contributed by atoms with Gasteiger partial charge in [0.1, 0.15) is 0 Å². The van der Waals surface area contributed by atoms with Crippen LogP contribution in [0.15, 0.2) is 0 Å². The second-order valence-electron chi connectivity index (χ2n) is 4.40. The Kier molecular flexibility index (Phi) is 2.37. The lowest BCUT2D eigenvalue weighted by atomic mass is 9.89. The molecular formula is C10H19NO. The normalized spacial score (nSPS) is 42.0. The molecule has 0 aliphatic carbocycles. The first-order chi connectivity index (χ1) is 5.81. The maximum atomic E-state index is 8.86. The summed E-state index contributed by atoms with van der Waals surface area (Å²) in [5.74, 6) is 0.809. The standard InChI is InChI=1S/C10H19NO/c1-11-9-2-3-10(11)7-8(6-9)4-5-12/h8-10,12H,2-7H2,1H3/t8-,9+,10-. The van der Waals surface area contributed by atoms with E-state index in [4.69, 9.17) is 5.11 Å². The Morgan fingerprint density at radius 3 is 2.33 bits per heavy atom. The van der Waals surface area contributed by atoms with E-state index in [1.54, 1.807) is 0 Å². The molecule has 0 saturated carbocycles. The van der Waals surface area contributed by atoms with E-state index < -0.39 is 0 Å². The fourth-order valence-electron chi connectivity index (χ4n) is 2.94. The van der Waals surface area contributed by atoms with Crippen molar-refractivity contribution in [1.82, 2.24) is 4.90 Å². The van der Waals surface area contributed by atoms with Crippen LogP contribution in [0.2, 0.25) is 0 Å². The van der Waals surface area contributed by atoms with E-state index in [1.165, 1.54) is 25.7 Å². The number of nitrogens with zero attached hydrogens (tertiary/aromatic N) is 1. The molecule has 2 bridgehead atoms. The lowest BCUT2D eigenvalue weighted by molar-refractivity contribution is 0.116. The van der Waals surface area contributed by atoms with Gasteiger partial charge in [0.05, 0.1) is 0 Å². The maximum absolute atomic E-state index is 8.86. The minimum absolute atomic E-state index is 0.383. The van der Waals surface area contributed by atoms with Gasteiger partial charge in [-0.1, -0.05) is 0 Å². The van der Waals surface area contributed by atoms with Gasteiger partial charge in [-0.3, -0.25) is 0 Å². The first kappa shape index (κ1) is 8.52. The van der Waals surface area contributed by atoms with Gasteiger partial charge < -0.3 is 10.0 Å². The molecule has 2 saturated heterocycles. The van der Waals surface area contributed by atoms with Crippen LogP contribution < -0.4 is 0 Å². The summed E-state index contributed by atoms with van der Waals surface area (Å²) in [6.07, 6.45) is 6.47. The van der Waals surface area contributed by atoms with Gasteiger partial charge in [-0.25, -0.2) is 0 Å². The molecule has 2 aliphatic heterocycles. The van der Waals surface area contributed by atoms with Crippen LogP contribution in [0.5, 0.6) is 0 Å². The van der Waals surface area contributed by atoms with Crippen molar-refractivity contribution in [2.24, 2.45) is 5.92 Å². The van der Waals surface area contributed by atoms with Crippen molar-refractivity contribution in [2.75, 3.05) is 13.7 Å². The Balaban J connectivity index is 1.93. The number of aliphatic hydroxyl groups excluding tert-OH is 1. The average molecular weight is 169 g/mol. The van der Waals surface area contributed by atoms with Crippen molar-refractivity contribution in [3.63, 3.8) is 0 Å². The third-order valence-electron chi connectivity index (χ3n) is 3.73. The van der Waals surface area contributed by atoms with Crippen molar-refractivity contribution in [1.29, 1.82) is 0 Å². The first-order valence-electron chi connectivity index (χ1n) is 5.14. The molecule has 0 aromatic rings. The van der Waals surface area contributed by atoms with Crippen LogP contribution in [0, 0.1) is 5.92 Å². The second kappa shape index (κ2) is 3.35. The predicted octanol–water partition coefficient (Wildman–Crippen LogP) is 1.24. The van der Waals surface area contributed by atoms with Gasteiger partial charge in [-0.05, 0) is 45.1 Å². The number of hydrogen-bond acceptors (Lipinski definition) is 2. The van der Waals surface area contributed by atoms with E-state index in [0.717, 1.165) is 24.4 Å². The van der Waals surface area contributed by atoms with Gasteiger partial charge >= 0.3 is 0 Å². The number of aliphatic hydroxyl groups is 1. The molecule has 0 radical (unpaired) electrons. The predicted molar refractivity (Wildman–Crippen MR) is 49.0 cm³/mol. The van der Waals surface area contributed by atoms with E-state index in [2.05, 4.69) is 11.9 Å². The minimum atomic E-state index is 0.383. The van der Waals surface area contributed by atoms with E-state index in [-0.39, 0.29) is 0 Å². The van der Waals surface area contributed by atoms with Crippen molar-refractivity contribution in [3.8, 4) is 0 Å². The highest BCUT2D eigenvalue weighted by Crippen LogP contribution is 2.38. The van der Waals surface area contributed by atoms with Crippen LogP contribution in [0.1, 0.15) is 32.1 Å². The molecule has 2 rings (SSSR count). The van der Waals surface area contributed by atoms with Crippen LogP contribution >= 0.6 is 0 Å². The fourth-order valence-corrected chi connectivity index (χ4v) is 2.94. The molecule has 0 amide bonds. The topological polar surface area (TPSA) is 23.5 Å². The van der Waals surface area contributed by atoms with Crippen molar-refractivity contribution in [2.45, 2.75) is 44.2 Å². The number of piperidine rings is 1. The summed E-state index contributed by atoms with van der Waals surface area (Å²) < 4.78 is 0. The highest BCUT2D eigenvalue weighted by molar-refractivity contribution is 4.93. The van der Waals surface area contributed by atoms with Crippen LogP contribution in [0.3, 0.4) is 0 Å². The molecule has 2 nitrogen and oxygen atoms in total. The molecule has 0 spiro atoms.